The van der Waals surface area contributed by atoms with Crippen molar-refractivity contribution >= 4 is 16.7 Å². The number of piperidine rings is 1. The van der Waals surface area contributed by atoms with Crippen molar-refractivity contribution in [3.05, 3.63) is 107 Å². The van der Waals surface area contributed by atoms with Crippen LogP contribution in [0.25, 0.3) is 10.8 Å². The molecule has 0 saturated carbocycles. The van der Waals surface area contributed by atoms with Crippen molar-refractivity contribution in [2.75, 3.05) is 33.4 Å². The number of ether oxygens (including phenoxy) is 3. The van der Waals surface area contributed by atoms with Crippen molar-refractivity contribution in [3.63, 3.8) is 0 Å². The van der Waals surface area contributed by atoms with E-state index in [0.717, 1.165) is 65.9 Å². The lowest BCUT2D eigenvalue weighted by molar-refractivity contribution is 0.0699. The molecule has 1 heterocycles. The molecule has 1 aliphatic heterocycles. The normalized spacial score (nSPS) is 16.9. The van der Waals surface area contributed by atoms with Gasteiger partial charge in [0.05, 0.1) is 32.5 Å². The van der Waals surface area contributed by atoms with Crippen molar-refractivity contribution in [1.82, 2.24) is 10.6 Å². The fourth-order valence-corrected chi connectivity index (χ4v) is 5.52. The van der Waals surface area contributed by atoms with E-state index in [4.69, 9.17) is 14.2 Å². The van der Waals surface area contributed by atoms with E-state index in [1.165, 1.54) is 5.56 Å². The molecule has 1 fully saturated rings. The van der Waals surface area contributed by atoms with Crippen LogP contribution in [0.1, 0.15) is 45.8 Å². The number of carboxylic acid groups (broad SMARTS) is 1. The second-order valence-electron chi connectivity index (χ2n) is 10.4. The van der Waals surface area contributed by atoms with Crippen molar-refractivity contribution in [2.45, 2.75) is 38.0 Å². The van der Waals surface area contributed by atoms with Crippen molar-refractivity contribution < 1.29 is 24.1 Å². The Morgan fingerprint density at radius 2 is 1.85 bits per heavy atom. The lowest BCUT2D eigenvalue weighted by atomic mass is 9.86. The van der Waals surface area contributed by atoms with Crippen LogP contribution in [0, 0.1) is 0 Å². The van der Waals surface area contributed by atoms with Gasteiger partial charge in [-0.15, -0.1) is 0 Å². The molecule has 0 aliphatic carbocycles. The average Bonchev–Trinajstić information content (AvgIpc) is 3.02. The second-order valence-corrected chi connectivity index (χ2v) is 10.4. The number of methoxy groups -OCH3 is 1. The first kappa shape index (κ1) is 28.6. The van der Waals surface area contributed by atoms with Crippen LogP contribution in [0.4, 0.5) is 0 Å². The lowest BCUT2D eigenvalue weighted by Crippen LogP contribution is -2.47. The molecule has 0 bridgehead atoms. The molecule has 214 valence electrons. The van der Waals surface area contributed by atoms with Crippen LogP contribution in [-0.4, -0.2) is 50.5 Å². The van der Waals surface area contributed by atoms with Crippen LogP contribution in [0.3, 0.4) is 0 Å². The van der Waals surface area contributed by atoms with Crippen LogP contribution in [-0.2, 0) is 17.9 Å². The number of para-hydroxylation sites is 1. The average molecular weight is 555 g/mol. The van der Waals surface area contributed by atoms with Crippen molar-refractivity contribution in [2.24, 2.45) is 0 Å². The standard InChI is InChI=1S/C34H38N2O5/c1-39-33-9-3-2-6-27(33)23-40-18-5-19-41-28-13-11-25(12-14-28)30-16-17-35-22-32(30)36-21-24-10-15-29-26(20-24)7-4-8-31(29)34(37)38/h2-4,6-15,20,30,32,35-36H,5,16-19,21-23H2,1H3,(H,37,38)/t30-,32-/m0/s1. The van der Waals surface area contributed by atoms with E-state index in [1.807, 2.05) is 42.5 Å². The zero-order chi connectivity index (χ0) is 28.4. The summed E-state index contributed by atoms with van der Waals surface area (Å²) in [4.78, 5) is 11.5. The fourth-order valence-electron chi connectivity index (χ4n) is 5.52. The van der Waals surface area contributed by atoms with Gasteiger partial charge in [-0.1, -0.05) is 54.6 Å². The molecule has 0 unspecified atom stereocenters. The number of hydrogen-bond acceptors (Lipinski definition) is 6. The first-order valence-corrected chi connectivity index (χ1v) is 14.2. The Hall–Kier alpha value is -3.91. The number of benzene rings is 4. The molecule has 1 saturated heterocycles. The van der Waals surface area contributed by atoms with E-state index in [9.17, 15) is 9.90 Å². The monoisotopic (exact) mass is 554 g/mol. The highest BCUT2D eigenvalue weighted by Gasteiger charge is 2.26. The van der Waals surface area contributed by atoms with Crippen LogP contribution in [0.15, 0.2) is 84.9 Å². The number of aromatic carboxylic acids is 1. The van der Waals surface area contributed by atoms with Crippen molar-refractivity contribution in [3.8, 4) is 11.5 Å². The van der Waals surface area contributed by atoms with Gasteiger partial charge in [0.15, 0.2) is 0 Å². The molecule has 1 aliphatic rings. The number of fused-ring (bicyclic) bond motifs is 1. The van der Waals surface area contributed by atoms with E-state index in [0.29, 0.717) is 31.3 Å². The zero-order valence-electron chi connectivity index (χ0n) is 23.5. The molecule has 0 aromatic heterocycles. The molecule has 0 amide bonds. The van der Waals surface area contributed by atoms with Gasteiger partial charge >= 0.3 is 5.97 Å². The predicted molar refractivity (Wildman–Crippen MR) is 161 cm³/mol. The maximum atomic E-state index is 11.5. The van der Waals surface area contributed by atoms with E-state index < -0.39 is 5.97 Å². The summed E-state index contributed by atoms with van der Waals surface area (Å²) >= 11 is 0. The first-order chi connectivity index (χ1) is 20.1. The summed E-state index contributed by atoms with van der Waals surface area (Å²) in [5.74, 6) is 1.21. The van der Waals surface area contributed by atoms with Gasteiger partial charge in [0.2, 0.25) is 0 Å². The summed E-state index contributed by atoms with van der Waals surface area (Å²) in [6.07, 6.45) is 1.87. The van der Waals surface area contributed by atoms with Crippen molar-refractivity contribution in [1.29, 1.82) is 0 Å². The van der Waals surface area contributed by atoms with Gasteiger partial charge in [0.1, 0.15) is 11.5 Å². The van der Waals surface area contributed by atoms with Crippen LogP contribution < -0.4 is 20.1 Å². The molecule has 2 atom stereocenters. The first-order valence-electron chi connectivity index (χ1n) is 14.2. The number of nitrogens with one attached hydrogen (secondary N) is 2. The maximum absolute atomic E-state index is 11.5. The summed E-state index contributed by atoms with van der Waals surface area (Å²) in [6.45, 7) is 4.35. The largest absolute Gasteiger partial charge is 0.496 e. The molecule has 41 heavy (non-hydrogen) atoms. The van der Waals surface area contributed by atoms with E-state index in [1.54, 1.807) is 19.2 Å². The molecule has 4 aromatic carbocycles. The molecular formula is C34H38N2O5. The minimum Gasteiger partial charge on any atom is -0.496 e. The summed E-state index contributed by atoms with van der Waals surface area (Å²) in [5, 5.41) is 18.4. The molecule has 7 nitrogen and oxygen atoms in total. The van der Waals surface area contributed by atoms with Gasteiger partial charge in [-0.2, -0.15) is 0 Å². The Morgan fingerprint density at radius 1 is 1.00 bits per heavy atom. The van der Waals surface area contributed by atoms with E-state index in [-0.39, 0.29) is 6.04 Å². The number of carbonyl (C=O) groups is 1. The summed E-state index contributed by atoms with van der Waals surface area (Å²) < 4.78 is 17.1. The topological polar surface area (TPSA) is 89.0 Å². The third kappa shape index (κ3) is 7.44. The van der Waals surface area contributed by atoms with Crippen LogP contribution >= 0.6 is 0 Å². The molecular weight excluding hydrogens is 516 g/mol. The van der Waals surface area contributed by atoms with E-state index in [2.05, 4.69) is 41.0 Å². The number of rotatable bonds is 13. The minimum atomic E-state index is -0.900. The Morgan fingerprint density at radius 3 is 2.68 bits per heavy atom. The lowest BCUT2D eigenvalue weighted by Gasteiger charge is -2.33. The molecule has 3 N–H and O–H groups in total. The molecule has 4 aromatic rings. The fraction of sp³-hybridized carbons (Fsp3) is 0.324. The highest BCUT2D eigenvalue weighted by atomic mass is 16.5. The molecule has 5 rings (SSSR count). The van der Waals surface area contributed by atoms with Gasteiger partial charge in [-0.05, 0) is 65.2 Å². The maximum Gasteiger partial charge on any atom is 0.336 e. The third-order valence-electron chi connectivity index (χ3n) is 7.69. The Bertz CT molecular complexity index is 1440. The Balaban J connectivity index is 1.10. The Labute approximate surface area is 241 Å². The molecule has 7 heteroatoms. The zero-order valence-corrected chi connectivity index (χ0v) is 23.5. The van der Waals surface area contributed by atoms with Gasteiger partial charge < -0.3 is 30.0 Å². The highest BCUT2D eigenvalue weighted by Crippen LogP contribution is 2.28. The smallest absolute Gasteiger partial charge is 0.336 e. The molecule has 0 spiro atoms. The van der Waals surface area contributed by atoms with Crippen LogP contribution in [0.2, 0.25) is 0 Å². The number of hydrogen-bond donors (Lipinski definition) is 3. The quantitative estimate of drug-likeness (QED) is 0.181. The van der Waals surface area contributed by atoms with Crippen LogP contribution in [0.5, 0.6) is 11.5 Å². The SMILES string of the molecule is COc1ccccc1COCCCOc1ccc([C@@H]2CCNC[C@@H]2NCc2ccc3c(C(=O)O)cccc3c2)cc1. The minimum absolute atomic E-state index is 0.289. The van der Waals surface area contributed by atoms with Gasteiger partial charge in [-0.25, -0.2) is 4.79 Å². The Kier molecular flexibility index (Phi) is 9.86. The summed E-state index contributed by atoms with van der Waals surface area (Å²) in [5.41, 5.74) is 3.83. The molecule has 0 radical (unpaired) electrons. The predicted octanol–water partition coefficient (Wildman–Crippen LogP) is 5.77. The van der Waals surface area contributed by atoms with Gasteiger partial charge in [0, 0.05) is 37.0 Å². The van der Waals surface area contributed by atoms with E-state index >= 15 is 0 Å². The van der Waals surface area contributed by atoms with Gasteiger partial charge in [0.25, 0.3) is 0 Å². The summed E-state index contributed by atoms with van der Waals surface area (Å²) in [7, 11) is 1.67. The number of carboxylic acids is 1. The summed E-state index contributed by atoms with van der Waals surface area (Å²) in [6, 6.07) is 28.1. The third-order valence-corrected chi connectivity index (χ3v) is 7.69. The second kappa shape index (κ2) is 14.1. The van der Waals surface area contributed by atoms with Gasteiger partial charge in [-0.3, -0.25) is 0 Å². The highest BCUT2D eigenvalue weighted by molar-refractivity contribution is 6.03.